The topological polar surface area (TPSA) is 9.23 Å². The second-order valence-electron chi connectivity index (χ2n) is 5.66. The molecule has 0 N–H and O–H groups in total. The molecular formula is C17H19BrO. The fraction of sp³-hybridized carbons (Fsp3) is 0.294. The van der Waals surface area contributed by atoms with E-state index in [0.29, 0.717) is 6.61 Å². The van der Waals surface area contributed by atoms with Gasteiger partial charge in [0.15, 0.2) is 0 Å². The maximum absolute atomic E-state index is 5.97. The molecule has 0 amide bonds. The summed E-state index contributed by atoms with van der Waals surface area (Å²) in [6.45, 7) is 7.21. The number of benzene rings is 2. The van der Waals surface area contributed by atoms with Gasteiger partial charge < -0.3 is 4.74 Å². The molecule has 19 heavy (non-hydrogen) atoms. The van der Waals surface area contributed by atoms with Gasteiger partial charge in [0.25, 0.3) is 0 Å². The molecule has 0 radical (unpaired) electrons. The second-order valence-corrected chi connectivity index (χ2v) is 6.58. The molecule has 0 aliphatic carbocycles. The maximum atomic E-state index is 5.97. The summed E-state index contributed by atoms with van der Waals surface area (Å²) in [6.07, 6.45) is 0. The zero-order valence-electron chi connectivity index (χ0n) is 11.6. The highest BCUT2D eigenvalue weighted by atomic mass is 79.9. The summed E-state index contributed by atoms with van der Waals surface area (Å²) in [4.78, 5) is 0. The van der Waals surface area contributed by atoms with Crippen molar-refractivity contribution in [2.45, 2.75) is 32.8 Å². The van der Waals surface area contributed by atoms with Crippen LogP contribution in [0.1, 0.15) is 31.9 Å². The fourth-order valence-electron chi connectivity index (χ4n) is 1.95. The summed E-state index contributed by atoms with van der Waals surface area (Å²) in [6, 6.07) is 16.5. The van der Waals surface area contributed by atoms with Gasteiger partial charge in [0.05, 0.1) is 0 Å². The van der Waals surface area contributed by atoms with Crippen LogP contribution in [0.25, 0.3) is 0 Å². The lowest BCUT2D eigenvalue weighted by atomic mass is 9.86. The third kappa shape index (κ3) is 3.84. The van der Waals surface area contributed by atoms with Crippen LogP contribution in [0.15, 0.2) is 53.0 Å². The molecule has 2 rings (SSSR count). The van der Waals surface area contributed by atoms with Gasteiger partial charge in [0.2, 0.25) is 0 Å². The van der Waals surface area contributed by atoms with Gasteiger partial charge in [0, 0.05) is 4.47 Å². The predicted octanol–water partition coefficient (Wildman–Crippen LogP) is 5.33. The van der Waals surface area contributed by atoms with Gasteiger partial charge in [0.1, 0.15) is 12.4 Å². The Morgan fingerprint density at radius 1 is 0.947 bits per heavy atom. The maximum Gasteiger partial charge on any atom is 0.123 e. The van der Waals surface area contributed by atoms with Gasteiger partial charge in [-0.05, 0) is 34.7 Å². The lowest BCUT2D eigenvalue weighted by molar-refractivity contribution is 0.297. The van der Waals surface area contributed by atoms with Crippen LogP contribution >= 0.6 is 15.9 Å². The molecule has 100 valence electrons. The molecule has 0 aliphatic rings. The molecular weight excluding hydrogens is 300 g/mol. The van der Waals surface area contributed by atoms with Gasteiger partial charge in [-0.1, -0.05) is 67.0 Å². The molecule has 0 saturated heterocycles. The lowest BCUT2D eigenvalue weighted by Gasteiger charge is -2.22. The predicted molar refractivity (Wildman–Crippen MR) is 83.6 cm³/mol. The van der Waals surface area contributed by atoms with E-state index in [-0.39, 0.29) is 5.41 Å². The van der Waals surface area contributed by atoms with E-state index in [2.05, 4.69) is 61.0 Å². The van der Waals surface area contributed by atoms with E-state index in [1.165, 1.54) is 11.1 Å². The van der Waals surface area contributed by atoms with Gasteiger partial charge in [-0.2, -0.15) is 0 Å². The number of rotatable bonds is 3. The molecule has 0 spiro atoms. The average molecular weight is 319 g/mol. The molecule has 2 aromatic rings. The Balaban J connectivity index is 2.14. The number of ether oxygens (including phenoxy) is 1. The monoisotopic (exact) mass is 318 g/mol. The molecule has 0 saturated carbocycles. The summed E-state index contributed by atoms with van der Waals surface area (Å²) in [5.74, 6) is 0.970. The molecule has 2 aromatic carbocycles. The summed E-state index contributed by atoms with van der Waals surface area (Å²) in [5, 5.41) is 0. The largest absolute Gasteiger partial charge is 0.489 e. The molecule has 0 unspecified atom stereocenters. The van der Waals surface area contributed by atoms with Crippen molar-refractivity contribution in [3.8, 4) is 5.75 Å². The SMILES string of the molecule is CC(C)(C)c1ccccc1OCc1ccc(Br)cc1. The van der Waals surface area contributed by atoms with Gasteiger partial charge >= 0.3 is 0 Å². The third-order valence-corrected chi connectivity index (χ3v) is 3.53. The van der Waals surface area contributed by atoms with Gasteiger partial charge in [-0.25, -0.2) is 0 Å². The van der Waals surface area contributed by atoms with Crippen LogP contribution in [0.4, 0.5) is 0 Å². The van der Waals surface area contributed by atoms with E-state index in [4.69, 9.17) is 4.74 Å². The smallest absolute Gasteiger partial charge is 0.123 e. The lowest BCUT2D eigenvalue weighted by Crippen LogP contribution is -2.13. The zero-order valence-corrected chi connectivity index (χ0v) is 13.2. The fourth-order valence-corrected chi connectivity index (χ4v) is 2.22. The highest BCUT2D eigenvalue weighted by molar-refractivity contribution is 9.10. The van der Waals surface area contributed by atoms with Crippen molar-refractivity contribution in [3.63, 3.8) is 0 Å². The minimum atomic E-state index is 0.0936. The standard InChI is InChI=1S/C17H19BrO/c1-17(2,3)15-6-4-5-7-16(15)19-12-13-8-10-14(18)11-9-13/h4-11H,12H2,1-3H3. The Morgan fingerprint density at radius 3 is 2.21 bits per heavy atom. The Labute approximate surface area is 123 Å². The quantitative estimate of drug-likeness (QED) is 0.743. The van der Waals surface area contributed by atoms with Gasteiger partial charge in [-0.15, -0.1) is 0 Å². The third-order valence-electron chi connectivity index (χ3n) is 3.00. The Kier molecular flexibility index (Phi) is 4.31. The van der Waals surface area contributed by atoms with E-state index in [1.54, 1.807) is 0 Å². The Morgan fingerprint density at radius 2 is 1.58 bits per heavy atom. The van der Waals surface area contributed by atoms with Gasteiger partial charge in [-0.3, -0.25) is 0 Å². The molecule has 1 nitrogen and oxygen atoms in total. The number of hydrogen-bond donors (Lipinski definition) is 0. The van der Waals surface area contributed by atoms with Crippen LogP contribution in [0, 0.1) is 0 Å². The summed E-state index contributed by atoms with van der Waals surface area (Å²) >= 11 is 3.44. The molecule has 0 bridgehead atoms. The Hall–Kier alpha value is -1.28. The normalized spacial score (nSPS) is 11.4. The second kappa shape index (κ2) is 5.79. The van der Waals surface area contributed by atoms with E-state index >= 15 is 0 Å². The summed E-state index contributed by atoms with van der Waals surface area (Å²) in [7, 11) is 0. The van der Waals surface area contributed by atoms with Crippen LogP contribution < -0.4 is 4.74 Å². The minimum Gasteiger partial charge on any atom is -0.489 e. The van der Waals surface area contributed by atoms with Crippen LogP contribution in [0.2, 0.25) is 0 Å². The summed E-state index contributed by atoms with van der Waals surface area (Å²) in [5.41, 5.74) is 2.51. The zero-order chi connectivity index (χ0) is 13.9. The average Bonchev–Trinajstić information content (AvgIpc) is 2.37. The Bertz CT molecular complexity index is 538. The first kappa shape index (κ1) is 14.1. The van der Waals surface area contributed by atoms with E-state index in [9.17, 15) is 0 Å². The van der Waals surface area contributed by atoms with Crippen molar-refractivity contribution in [1.29, 1.82) is 0 Å². The van der Waals surface area contributed by atoms with Crippen molar-refractivity contribution in [2.75, 3.05) is 0 Å². The molecule has 2 heteroatoms. The molecule has 0 aromatic heterocycles. The van der Waals surface area contributed by atoms with Crippen molar-refractivity contribution in [3.05, 3.63) is 64.1 Å². The van der Waals surface area contributed by atoms with Crippen molar-refractivity contribution < 1.29 is 4.74 Å². The highest BCUT2D eigenvalue weighted by Crippen LogP contribution is 2.31. The van der Waals surface area contributed by atoms with Crippen LogP contribution in [0.5, 0.6) is 5.75 Å². The highest BCUT2D eigenvalue weighted by Gasteiger charge is 2.18. The van der Waals surface area contributed by atoms with Crippen LogP contribution in [0.3, 0.4) is 0 Å². The number of para-hydroxylation sites is 1. The first-order valence-corrected chi connectivity index (χ1v) is 7.23. The molecule has 0 heterocycles. The van der Waals surface area contributed by atoms with E-state index in [1.807, 2.05) is 24.3 Å². The first-order valence-electron chi connectivity index (χ1n) is 6.43. The van der Waals surface area contributed by atoms with Crippen molar-refractivity contribution in [1.82, 2.24) is 0 Å². The van der Waals surface area contributed by atoms with Crippen LogP contribution in [-0.2, 0) is 12.0 Å². The summed E-state index contributed by atoms with van der Waals surface area (Å²) < 4.78 is 7.06. The molecule has 0 fully saturated rings. The first-order chi connectivity index (χ1) is 8.97. The van der Waals surface area contributed by atoms with Crippen molar-refractivity contribution in [2.24, 2.45) is 0 Å². The molecule has 0 aliphatic heterocycles. The van der Waals surface area contributed by atoms with Crippen LogP contribution in [-0.4, -0.2) is 0 Å². The van der Waals surface area contributed by atoms with E-state index in [0.717, 1.165) is 10.2 Å². The molecule has 0 atom stereocenters. The minimum absolute atomic E-state index is 0.0936. The van der Waals surface area contributed by atoms with E-state index < -0.39 is 0 Å². The number of hydrogen-bond acceptors (Lipinski definition) is 1. The number of halogens is 1. The van der Waals surface area contributed by atoms with Crippen molar-refractivity contribution >= 4 is 15.9 Å².